The maximum absolute atomic E-state index is 11.2. The van der Waals surface area contributed by atoms with Crippen molar-refractivity contribution in [3.05, 3.63) is 11.6 Å². The predicted octanol–water partition coefficient (Wildman–Crippen LogP) is -2.17. The molecule has 0 aromatic heterocycles. The number of ether oxygens (including phenoxy) is 3. The smallest absolute Gasteiger partial charge is 0.337 e. The third kappa shape index (κ3) is 6.09. The Bertz CT molecular complexity index is 263. The molecule has 8 heteroatoms. The molecule has 0 saturated carbocycles. The summed E-state index contributed by atoms with van der Waals surface area (Å²) in [6.45, 7) is -2.09. The number of esters is 2. The molecule has 0 rings (SSSR count). The Morgan fingerprint density at radius 1 is 1.19 bits per heavy atom. The summed E-state index contributed by atoms with van der Waals surface area (Å²) < 4.78 is 13.0. The fourth-order valence-corrected chi connectivity index (χ4v) is 0.674. The van der Waals surface area contributed by atoms with Crippen molar-refractivity contribution in [3.8, 4) is 0 Å². The number of hydrogen-bond acceptors (Lipinski definition) is 8. The number of carbonyl (C=O) groups is 2. The SMILES string of the molecule is NC/C(=C/C(=O)OCO)C(=O)OCOCO. The topological polar surface area (TPSA) is 128 Å². The van der Waals surface area contributed by atoms with Crippen molar-refractivity contribution >= 4 is 11.9 Å². The van der Waals surface area contributed by atoms with E-state index < -0.39 is 32.3 Å². The van der Waals surface area contributed by atoms with Gasteiger partial charge in [-0.15, -0.1) is 0 Å². The van der Waals surface area contributed by atoms with Crippen molar-refractivity contribution in [1.29, 1.82) is 0 Å². The van der Waals surface area contributed by atoms with Gasteiger partial charge < -0.3 is 30.2 Å². The minimum Gasteiger partial charge on any atom is -0.436 e. The molecule has 0 bridgehead atoms. The summed E-state index contributed by atoms with van der Waals surface area (Å²) in [7, 11) is 0. The molecule has 0 aliphatic rings. The van der Waals surface area contributed by atoms with E-state index in [4.69, 9.17) is 15.9 Å². The van der Waals surface area contributed by atoms with E-state index in [2.05, 4.69) is 14.2 Å². The van der Waals surface area contributed by atoms with E-state index in [1.807, 2.05) is 0 Å². The van der Waals surface area contributed by atoms with Gasteiger partial charge in [0.05, 0.1) is 5.57 Å². The van der Waals surface area contributed by atoms with Crippen LogP contribution in [0.3, 0.4) is 0 Å². The molecular formula is C8H13NO7. The second-order valence-corrected chi connectivity index (χ2v) is 2.35. The first kappa shape index (κ1) is 14.5. The quantitative estimate of drug-likeness (QED) is 0.197. The Hall–Kier alpha value is -1.48. The second kappa shape index (κ2) is 8.80. The molecule has 0 radical (unpaired) electrons. The summed E-state index contributed by atoms with van der Waals surface area (Å²) >= 11 is 0. The van der Waals surface area contributed by atoms with Gasteiger partial charge in [0.25, 0.3) is 0 Å². The molecule has 0 saturated heterocycles. The molecule has 0 fully saturated rings. The number of hydrogen-bond donors (Lipinski definition) is 3. The number of carbonyl (C=O) groups excluding carboxylic acids is 2. The number of aliphatic hydroxyl groups is 2. The molecule has 0 atom stereocenters. The first-order chi connectivity index (χ1) is 7.65. The molecule has 0 aliphatic heterocycles. The Balaban J connectivity index is 4.25. The molecule has 16 heavy (non-hydrogen) atoms. The third-order valence-electron chi connectivity index (χ3n) is 1.35. The zero-order valence-corrected chi connectivity index (χ0v) is 8.42. The van der Waals surface area contributed by atoms with E-state index in [0.717, 1.165) is 6.08 Å². The van der Waals surface area contributed by atoms with Crippen LogP contribution in [0.5, 0.6) is 0 Å². The van der Waals surface area contributed by atoms with E-state index >= 15 is 0 Å². The predicted molar refractivity (Wildman–Crippen MR) is 49.4 cm³/mol. The van der Waals surface area contributed by atoms with Gasteiger partial charge >= 0.3 is 11.9 Å². The average Bonchev–Trinajstić information content (AvgIpc) is 2.26. The fraction of sp³-hybridized carbons (Fsp3) is 0.500. The van der Waals surface area contributed by atoms with Gasteiger partial charge in [-0.3, -0.25) is 0 Å². The molecule has 0 amide bonds. The van der Waals surface area contributed by atoms with E-state index in [9.17, 15) is 9.59 Å². The van der Waals surface area contributed by atoms with Crippen LogP contribution in [0, 0.1) is 0 Å². The van der Waals surface area contributed by atoms with Gasteiger partial charge in [-0.25, -0.2) is 9.59 Å². The van der Waals surface area contributed by atoms with Crippen LogP contribution in [0.4, 0.5) is 0 Å². The van der Waals surface area contributed by atoms with Crippen LogP contribution >= 0.6 is 0 Å². The zero-order chi connectivity index (χ0) is 12.4. The Morgan fingerprint density at radius 2 is 1.88 bits per heavy atom. The second-order valence-electron chi connectivity index (χ2n) is 2.35. The highest BCUT2D eigenvalue weighted by Crippen LogP contribution is 1.97. The van der Waals surface area contributed by atoms with Crippen molar-refractivity contribution in [3.63, 3.8) is 0 Å². The molecule has 0 aromatic carbocycles. The highest BCUT2D eigenvalue weighted by atomic mass is 16.7. The molecule has 8 nitrogen and oxygen atoms in total. The van der Waals surface area contributed by atoms with Gasteiger partial charge in [-0.2, -0.15) is 0 Å². The van der Waals surface area contributed by atoms with Gasteiger partial charge in [-0.1, -0.05) is 0 Å². The normalized spacial score (nSPS) is 11.1. The lowest BCUT2D eigenvalue weighted by molar-refractivity contribution is -0.159. The number of aliphatic hydroxyl groups excluding tert-OH is 2. The van der Waals surface area contributed by atoms with Crippen LogP contribution in [0.15, 0.2) is 11.6 Å². The zero-order valence-electron chi connectivity index (χ0n) is 8.42. The van der Waals surface area contributed by atoms with E-state index in [1.54, 1.807) is 0 Å². The first-order valence-electron chi connectivity index (χ1n) is 4.19. The first-order valence-corrected chi connectivity index (χ1v) is 4.19. The molecule has 0 aliphatic carbocycles. The van der Waals surface area contributed by atoms with Crippen molar-refractivity contribution in [2.75, 3.05) is 26.9 Å². The van der Waals surface area contributed by atoms with Crippen LogP contribution in [0.2, 0.25) is 0 Å². The standard InChI is InChI=1S/C8H13NO7/c9-2-6(1-7(12)15-4-11)8(13)16-5-14-3-10/h1,10-11H,2-5,9H2/b6-1-. The maximum atomic E-state index is 11.2. The highest BCUT2D eigenvalue weighted by molar-refractivity contribution is 5.96. The van der Waals surface area contributed by atoms with E-state index in [0.29, 0.717) is 0 Å². The van der Waals surface area contributed by atoms with Gasteiger partial charge in [-0.05, 0) is 0 Å². The van der Waals surface area contributed by atoms with E-state index in [1.165, 1.54) is 0 Å². The lowest BCUT2D eigenvalue weighted by atomic mass is 10.2. The van der Waals surface area contributed by atoms with Crippen molar-refractivity contribution in [2.45, 2.75) is 0 Å². The fourth-order valence-electron chi connectivity index (χ4n) is 0.674. The summed E-state index contributed by atoms with van der Waals surface area (Å²) in [6.07, 6.45) is 0.803. The molecule has 92 valence electrons. The average molecular weight is 235 g/mol. The van der Waals surface area contributed by atoms with Crippen molar-refractivity contribution in [1.82, 2.24) is 0 Å². The lowest BCUT2D eigenvalue weighted by Crippen LogP contribution is -2.19. The summed E-state index contributed by atoms with van der Waals surface area (Å²) in [5, 5.41) is 16.5. The van der Waals surface area contributed by atoms with Gasteiger partial charge in [0.2, 0.25) is 0 Å². The Kier molecular flexibility index (Phi) is 7.98. The minimum absolute atomic E-state index is 0.139. The molecule has 0 spiro atoms. The van der Waals surface area contributed by atoms with Crippen LogP contribution in [0.25, 0.3) is 0 Å². The molecular weight excluding hydrogens is 222 g/mol. The Labute approximate surface area is 91.2 Å². The van der Waals surface area contributed by atoms with Gasteiger partial charge in [0, 0.05) is 12.6 Å². The van der Waals surface area contributed by atoms with Crippen LogP contribution in [-0.4, -0.2) is 49.1 Å². The molecule has 0 heterocycles. The van der Waals surface area contributed by atoms with Crippen LogP contribution in [0.1, 0.15) is 0 Å². The summed E-state index contributed by atoms with van der Waals surface area (Å²) in [5.41, 5.74) is 5.05. The van der Waals surface area contributed by atoms with Crippen LogP contribution in [-0.2, 0) is 23.8 Å². The van der Waals surface area contributed by atoms with Crippen LogP contribution < -0.4 is 5.73 Å². The maximum Gasteiger partial charge on any atom is 0.337 e. The van der Waals surface area contributed by atoms with Gasteiger partial charge in [0.1, 0.15) is 6.79 Å². The minimum atomic E-state index is -0.914. The summed E-state index contributed by atoms with van der Waals surface area (Å²) in [6, 6.07) is 0. The molecule has 0 aromatic rings. The molecule has 4 N–H and O–H groups in total. The van der Waals surface area contributed by atoms with Crippen molar-refractivity contribution < 1.29 is 34.0 Å². The lowest BCUT2D eigenvalue weighted by Gasteiger charge is -2.05. The van der Waals surface area contributed by atoms with E-state index in [-0.39, 0.29) is 12.1 Å². The van der Waals surface area contributed by atoms with Crippen molar-refractivity contribution in [2.24, 2.45) is 5.73 Å². The number of nitrogens with two attached hydrogens (primary N) is 1. The Morgan fingerprint density at radius 3 is 2.38 bits per heavy atom. The third-order valence-corrected chi connectivity index (χ3v) is 1.35. The highest BCUT2D eigenvalue weighted by Gasteiger charge is 2.12. The monoisotopic (exact) mass is 235 g/mol. The molecule has 0 unspecified atom stereocenters. The van der Waals surface area contributed by atoms with Gasteiger partial charge in [0.15, 0.2) is 13.6 Å². The number of rotatable bonds is 7. The summed E-state index contributed by atoms with van der Waals surface area (Å²) in [4.78, 5) is 22.0. The largest absolute Gasteiger partial charge is 0.436 e. The summed E-state index contributed by atoms with van der Waals surface area (Å²) in [5.74, 6) is -1.78.